The molecule has 4 aliphatic rings. The van der Waals surface area contributed by atoms with Crippen molar-refractivity contribution in [1.29, 1.82) is 0 Å². The van der Waals surface area contributed by atoms with Gasteiger partial charge < -0.3 is 39.1 Å². The van der Waals surface area contributed by atoms with Crippen molar-refractivity contribution in [3.05, 3.63) is 0 Å². The summed E-state index contributed by atoms with van der Waals surface area (Å²) >= 11 is 0. The van der Waals surface area contributed by atoms with Crippen molar-refractivity contribution in [3.63, 3.8) is 0 Å². The smallest absolute Gasteiger partial charge is 0.407 e. The first-order valence-corrected chi connectivity index (χ1v) is 15.8. The van der Waals surface area contributed by atoms with E-state index < -0.39 is 0 Å². The third-order valence-electron chi connectivity index (χ3n) is 8.64. The minimum atomic E-state index is -0.381. The van der Waals surface area contributed by atoms with Crippen LogP contribution in [0.5, 0.6) is 0 Å². The first kappa shape index (κ1) is 32.4. The molecule has 4 aliphatic carbocycles. The quantitative estimate of drug-likeness (QED) is 0.174. The van der Waals surface area contributed by atoms with Gasteiger partial charge in [-0.25, -0.2) is 9.59 Å². The van der Waals surface area contributed by atoms with Gasteiger partial charge in [0.15, 0.2) is 0 Å². The molecule has 0 aromatic carbocycles. The SMILES string of the molecule is O=C(NCCOCCOCCOCCOCCNC(=O)OCC1[C@H]2CCC#CCC[C@@H]12)OCC1[C@H]2CCC#CCC[C@@H]12. The number of hydrogen-bond donors (Lipinski definition) is 2. The highest BCUT2D eigenvalue weighted by atomic mass is 16.6. The lowest BCUT2D eigenvalue weighted by atomic mass is 10.1. The summed E-state index contributed by atoms with van der Waals surface area (Å²) in [5.74, 6) is 16.5. The molecule has 2 amide bonds. The fraction of sp³-hybridized carbons (Fsp3) is 0.812. The average Bonchev–Trinajstić information content (AvgIpc) is 3.82. The van der Waals surface area contributed by atoms with Crippen LogP contribution < -0.4 is 10.6 Å². The van der Waals surface area contributed by atoms with E-state index in [4.69, 9.17) is 28.4 Å². The lowest BCUT2D eigenvalue weighted by Crippen LogP contribution is -2.29. The van der Waals surface area contributed by atoms with Crippen LogP contribution in [0.2, 0.25) is 0 Å². The molecule has 0 spiro atoms. The molecule has 2 unspecified atom stereocenters. The lowest BCUT2D eigenvalue weighted by Gasteiger charge is -2.09. The Hall–Kier alpha value is -2.50. The van der Waals surface area contributed by atoms with Gasteiger partial charge >= 0.3 is 12.2 Å². The zero-order valence-corrected chi connectivity index (χ0v) is 24.9. The van der Waals surface area contributed by atoms with Gasteiger partial charge in [0, 0.05) is 38.8 Å². The molecule has 0 radical (unpaired) electrons. The number of nitrogens with one attached hydrogen (secondary N) is 2. The molecule has 10 nitrogen and oxygen atoms in total. The third kappa shape index (κ3) is 12.0. The van der Waals surface area contributed by atoms with Crippen LogP contribution in [0, 0.1) is 59.2 Å². The van der Waals surface area contributed by atoms with E-state index in [9.17, 15) is 9.59 Å². The van der Waals surface area contributed by atoms with E-state index in [2.05, 4.69) is 34.3 Å². The summed E-state index contributed by atoms with van der Waals surface area (Å²) < 4.78 is 32.7. The summed E-state index contributed by atoms with van der Waals surface area (Å²) in [6, 6.07) is 0. The standard InChI is InChI=1S/C32H48N2O8/c35-31(41-23-29-25-9-5-1-2-6-10-26(25)29)33-13-15-37-17-19-39-21-22-40-20-18-38-16-14-34-32(36)42-24-30-27-11-7-3-4-8-12-28(27)30/h25-30H,5-24H2,(H,33,35)(H,34,36)/t25-,26+,27-,28+,29?,30?. The van der Waals surface area contributed by atoms with Crippen molar-refractivity contribution in [3.8, 4) is 23.7 Å². The molecule has 10 heteroatoms. The molecule has 0 aromatic heterocycles. The number of rotatable bonds is 19. The normalized spacial score (nSPS) is 27.0. The van der Waals surface area contributed by atoms with Gasteiger partial charge in [-0.2, -0.15) is 0 Å². The Kier molecular flexibility index (Phi) is 14.6. The molecule has 0 aromatic rings. The van der Waals surface area contributed by atoms with Crippen LogP contribution in [0.3, 0.4) is 0 Å². The summed E-state index contributed by atoms with van der Waals surface area (Å²) in [7, 11) is 0. The topological polar surface area (TPSA) is 114 Å². The molecule has 2 N–H and O–H groups in total. The largest absolute Gasteiger partial charge is 0.449 e. The Morgan fingerprint density at radius 3 is 1.14 bits per heavy atom. The lowest BCUT2D eigenvalue weighted by molar-refractivity contribution is -0.00114. The predicted molar refractivity (Wildman–Crippen MR) is 155 cm³/mol. The van der Waals surface area contributed by atoms with Crippen LogP contribution in [0.25, 0.3) is 0 Å². The van der Waals surface area contributed by atoms with Crippen molar-refractivity contribution in [2.45, 2.75) is 51.4 Å². The summed E-state index contributed by atoms with van der Waals surface area (Å²) in [4.78, 5) is 23.8. The monoisotopic (exact) mass is 588 g/mol. The van der Waals surface area contributed by atoms with Crippen molar-refractivity contribution < 1.29 is 38.0 Å². The fourth-order valence-electron chi connectivity index (χ4n) is 6.22. The fourth-order valence-corrected chi connectivity index (χ4v) is 6.22. The minimum absolute atomic E-state index is 0.381. The first-order valence-electron chi connectivity index (χ1n) is 15.8. The van der Waals surface area contributed by atoms with Crippen LogP contribution >= 0.6 is 0 Å². The van der Waals surface area contributed by atoms with Gasteiger partial charge in [-0.05, 0) is 61.2 Å². The van der Waals surface area contributed by atoms with Gasteiger partial charge in [0.2, 0.25) is 0 Å². The van der Waals surface area contributed by atoms with E-state index in [0.717, 1.165) is 51.4 Å². The summed E-state index contributed by atoms with van der Waals surface area (Å²) in [5.41, 5.74) is 0. The highest BCUT2D eigenvalue weighted by molar-refractivity contribution is 5.67. The van der Waals surface area contributed by atoms with E-state index in [0.29, 0.717) is 115 Å². The molecule has 4 rings (SSSR count). The molecule has 0 aliphatic heterocycles. The molecule has 0 bridgehead atoms. The van der Waals surface area contributed by atoms with Gasteiger partial charge in [0.05, 0.1) is 66.1 Å². The average molecular weight is 589 g/mol. The molecular formula is C32H48N2O8. The molecular weight excluding hydrogens is 540 g/mol. The number of amides is 2. The second-order valence-electron chi connectivity index (χ2n) is 11.3. The van der Waals surface area contributed by atoms with Gasteiger partial charge in [0.1, 0.15) is 0 Å². The van der Waals surface area contributed by atoms with E-state index in [1.807, 2.05) is 0 Å². The van der Waals surface area contributed by atoms with Crippen molar-refractivity contribution >= 4 is 12.2 Å². The number of carbonyl (C=O) groups excluding carboxylic acids is 2. The van der Waals surface area contributed by atoms with Gasteiger partial charge in [-0.3, -0.25) is 0 Å². The van der Waals surface area contributed by atoms with E-state index >= 15 is 0 Å². The van der Waals surface area contributed by atoms with Crippen molar-refractivity contribution in [2.75, 3.05) is 79.2 Å². The maximum atomic E-state index is 11.9. The molecule has 6 atom stereocenters. The van der Waals surface area contributed by atoms with E-state index in [-0.39, 0.29) is 12.2 Å². The number of fused-ring (bicyclic) bond motifs is 2. The Morgan fingerprint density at radius 2 is 0.810 bits per heavy atom. The van der Waals surface area contributed by atoms with Crippen LogP contribution in [-0.2, 0) is 28.4 Å². The third-order valence-corrected chi connectivity index (χ3v) is 8.64. The van der Waals surface area contributed by atoms with Crippen LogP contribution in [0.15, 0.2) is 0 Å². The molecule has 234 valence electrons. The molecule has 42 heavy (non-hydrogen) atoms. The minimum Gasteiger partial charge on any atom is -0.449 e. The second kappa shape index (κ2) is 18.9. The van der Waals surface area contributed by atoms with Gasteiger partial charge in [-0.1, -0.05) is 0 Å². The first-order chi connectivity index (χ1) is 20.7. The summed E-state index contributed by atoms with van der Waals surface area (Å²) in [6.45, 7) is 5.34. The molecule has 0 saturated heterocycles. The summed E-state index contributed by atoms with van der Waals surface area (Å²) in [6.07, 6.45) is 7.59. The zero-order chi connectivity index (χ0) is 29.2. The van der Waals surface area contributed by atoms with Crippen LogP contribution in [-0.4, -0.2) is 91.3 Å². The maximum Gasteiger partial charge on any atom is 0.407 e. The van der Waals surface area contributed by atoms with Gasteiger partial charge in [-0.15, -0.1) is 23.7 Å². The number of hydrogen-bond acceptors (Lipinski definition) is 8. The van der Waals surface area contributed by atoms with E-state index in [1.165, 1.54) is 0 Å². The molecule has 2 fully saturated rings. The van der Waals surface area contributed by atoms with Gasteiger partial charge in [0.25, 0.3) is 0 Å². The number of ether oxygens (including phenoxy) is 6. The summed E-state index contributed by atoms with van der Waals surface area (Å²) in [5, 5.41) is 5.46. The second-order valence-corrected chi connectivity index (χ2v) is 11.3. The molecule has 2 saturated carbocycles. The molecule has 0 heterocycles. The Bertz CT molecular complexity index is 842. The predicted octanol–water partition coefficient (Wildman–Crippen LogP) is 3.38. The number of carbonyl (C=O) groups is 2. The number of alkyl carbamates (subject to hydrolysis) is 2. The Labute approximate surface area is 250 Å². The Morgan fingerprint density at radius 1 is 0.500 bits per heavy atom. The van der Waals surface area contributed by atoms with Crippen LogP contribution in [0.1, 0.15) is 51.4 Å². The Balaban J connectivity index is 0.829. The maximum absolute atomic E-state index is 11.9. The van der Waals surface area contributed by atoms with E-state index in [1.54, 1.807) is 0 Å². The van der Waals surface area contributed by atoms with Crippen molar-refractivity contribution in [2.24, 2.45) is 35.5 Å². The highest BCUT2D eigenvalue weighted by Crippen LogP contribution is 2.53. The highest BCUT2D eigenvalue weighted by Gasteiger charge is 2.50. The van der Waals surface area contributed by atoms with Crippen molar-refractivity contribution in [1.82, 2.24) is 10.6 Å². The zero-order valence-electron chi connectivity index (χ0n) is 24.9. The van der Waals surface area contributed by atoms with Crippen LogP contribution in [0.4, 0.5) is 9.59 Å².